The molecule has 0 aromatic carbocycles. The Labute approximate surface area is 92.1 Å². The van der Waals surface area contributed by atoms with Gasteiger partial charge in [-0.3, -0.25) is 0 Å². The molecule has 0 saturated carbocycles. The lowest BCUT2D eigenvalue weighted by molar-refractivity contribution is 0.180. The van der Waals surface area contributed by atoms with Crippen LogP contribution in [0.25, 0.3) is 10.2 Å². The van der Waals surface area contributed by atoms with Crippen molar-refractivity contribution in [3.05, 3.63) is 23.5 Å². The molecule has 0 aliphatic carbocycles. The summed E-state index contributed by atoms with van der Waals surface area (Å²) in [6.45, 7) is 0.552. The Morgan fingerprint density at radius 3 is 3.20 bits per heavy atom. The van der Waals surface area contributed by atoms with Crippen LogP contribution in [0.4, 0.5) is 0 Å². The molecule has 1 atom stereocenters. The average Bonchev–Trinajstić information content (AvgIpc) is 2.67. The van der Waals surface area contributed by atoms with E-state index in [-0.39, 0.29) is 6.04 Å². The van der Waals surface area contributed by atoms with Crippen molar-refractivity contribution < 1.29 is 4.74 Å². The smallest absolute Gasteiger partial charge is 0.116 e. The van der Waals surface area contributed by atoms with Gasteiger partial charge in [0.1, 0.15) is 6.33 Å². The van der Waals surface area contributed by atoms with E-state index in [1.54, 1.807) is 24.8 Å². The molecule has 1 unspecified atom stereocenters. The normalized spacial score (nSPS) is 13.2. The summed E-state index contributed by atoms with van der Waals surface area (Å²) in [5.74, 6) is 0. The molecule has 0 radical (unpaired) electrons. The summed E-state index contributed by atoms with van der Waals surface area (Å²) in [4.78, 5) is 8.45. The molecule has 80 valence electrons. The maximum absolute atomic E-state index is 5.90. The minimum Gasteiger partial charge on any atom is -0.383 e. The average molecular weight is 223 g/mol. The van der Waals surface area contributed by atoms with E-state index in [1.807, 2.05) is 11.4 Å². The number of nitrogens with two attached hydrogens (primary N) is 1. The van der Waals surface area contributed by atoms with Gasteiger partial charge in [0.05, 0.1) is 22.5 Å². The van der Waals surface area contributed by atoms with E-state index in [0.717, 1.165) is 22.3 Å². The van der Waals surface area contributed by atoms with Gasteiger partial charge in [0.2, 0.25) is 0 Å². The monoisotopic (exact) mass is 223 g/mol. The van der Waals surface area contributed by atoms with E-state index in [1.165, 1.54) is 0 Å². The van der Waals surface area contributed by atoms with Crippen LogP contribution in [0.3, 0.4) is 0 Å². The van der Waals surface area contributed by atoms with Crippen LogP contribution in [-0.2, 0) is 11.2 Å². The first kappa shape index (κ1) is 10.5. The van der Waals surface area contributed by atoms with Crippen molar-refractivity contribution in [3.63, 3.8) is 0 Å². The Bertz CT molecular complexity index is 443. The van der Waals surface area contributed by atoms with Crippen LogP contribution < -0.4 is 5.73 Å². The number of fused-ring (bicyclic) bond motifs is 1. The van der Waals surface area contributed by atoms with Crippen LogP contribution >= 0.6 is 11.3 Å². The number of nitrogens with zero attached hydrogens (tertiary/aromatic N) is 2. The van der Waals surface area contributed by atoms with Gasteiger partial charge in [-0.2, -0.15) is 0 Å². The fourth-order valence-electron chi connectivity index (χ4n) is 1.51. The molecule has 2 N–H and O–H groups in total. The summed E-state index contributed by atoms with van der Waals surface area (Å²) in [6, 6.07) is 1.99. The molecule has 0 bridgehead atoms. The minimum atomic E-state index is -0.00444. The van der Waals surface area contributed by atoms with Gasteiger partial charge in [0, 0.05) is 19.6 Å². The van der Waals surface area contributed by atoms with Crippen LogP contribution in [0.1, 0.15) is 5.69 Å². The lowest BCUT2D eigenvalue weighted by Gasteiger charge is -2.09. The maximum Gasteiger partial charge on any atom is 0.116 e. The van der Waals surface area contributed by atoms with Gasteiger partial charge in [0.15, 0.2) is 0 Å². The Morgan fingerprint density at radius 1 is 1.53 bits per heavy atom. The first-order valence-electron chi connectivity index (χ1n) is 4.73. The van der Waals surface area contributed by atoms with Crippen LogP contribution in [-0.4, -0.2) is 29.7 Å². The molecule has 0 spiro atoms. The summed E-state index contributed by atoms with van der Waals surface area (Å²) < 4.78 is 6.13. The molecule has 4 nitrogen and oxygen atoms in total. The fraction of sp³-hybridized carbons (Fsp3) is 0.400. The predicted octanol–water partition coefficient (Wildman–Crippen LogP) is 1.21. The summed E-state index contributed by atoms with van der Waals surface area (Å²) in [6.07, 6.45) is 2.32. The Morgan fingerprint density at radius 2 is 2.40 bits per heavy atom. The number of hydrogen-bond acceptors (Lipinski definition) is 5. The van der Waals surface area contributed by atoms with Gasteiger partial charge >= 0.3 is 0 Å². The second-order valence-corrected chi connectivity index (χ2v) is 4.29. The predicted molar refractivity (Wildman–Crippen MR) is 61.0 cm³/mol. The highest BCUT2D eigenvalue weighted by atomic mass is 32.1. The van der Waals surface area contributed by atoms with E-state index >= 15 is 0 Å². The van der Waals surface area contributed by atoms with Crippen molar-refractivity contribution >= 4 is 21.6 Å². The summed E-state index contributed by atoms with van der Waals surface area (Å²) >= 11 is 1.65. The highest BCUT2D eigenvalue weighted by Crippen LogP contribution is 2.21. The van der Waals surface area contributed by atoms with Crippen LogP contribution in [0.2, 0.25) is 0 Å². The Balaban J connectivity index is 2.23. The van der Waals surface area contributed by atoms with Gasteiger partial charge in [-0.05, 0) is 11.4 Å². The third-order valence-electron chi connectivity index (χ3n) is 2.15. The maximum atomic E-state index is 5.90. The molecule has 0 saturated heterocycles. The summed E-state index contributed by atoms with van der Waals surface area (Å²) in [5.41, 5.74) is 7.90. The molecule has 15 heavy (non-hydrogen) atoms. The quantitative estimate of drug-likeness (QED) is 0.846. The Hall–Kier alpha value is -1.04. The summed E-state index contributed by atoms with van der Waals surface area (Å²) in [5, 5.41) is 2.02. The number of ether oxygens (including phenoxy) is 1. The minimum absolute atomic E-state index is 0.00444. The topological polar surface area (TPSA) is 61.0 Å². The molecular formula is C10H13N3OS. The van der Waals surface area contributed by atoms with Crippen LogP contribution in [0.15, 0.2) is 17.8 Å². The highest BCUT2D eigenvalue weighted by Gasteiger charge is 2.09. The van der Waals surface area contributed by atoms with Gasteiger partial charge < -0.3 is 10.5 Å². The number of methoxy groups -OCH3 is 1. The summed E-state index contributed by atoms with van der Waals surface area (Å²) in [7, 11) is 1.65. The van der Waals surface area contributed by atoms with E-state index in [4.69, 9.17) is 10.5 Å². The number of thiophene rings is 1. The van der Waals surface area contributed by atoms with E-state index < -0.39 is 0 Å². The highest BCUT2D eigenvalue weighted by molar-refractivity contribution is 7.17. The molecule has 0 fully saturated rings. The van der Waals surface area contributed by atoms with Crippen molar-refractivity contribution in [1.29, 1.82) is 0 Å². The number of hydrogen-bond donors (Lipinski definition) is 1. The molecule has 2 heterocycles. The second kappa shape index (κ2) is 4.65. The van der Waals surface area contributed by atoms with Crippen molar-refractivity contribution in [3.8, 4) is 0 Å². The number of rotatable bonds is 4. The molecule has 2 aromatic heterocycles. The lowest BCUT2D eigenvalue weighted by Crippen LogP contribution is -2.28. The van der Waals surface area contributed by atoms with E-state index in [9.17, 15) is 0 Å². The first-order valence-corrected chi connectivity index (χ1v) is 5.61. The molecule has 0 aliphatic rings. The molecule has 0 amide bonds. The zero-order valence-electron chi connectivity index (χ0n) is 8.51. The second-order valence-electron chi connectivity index (χ2n) is 3.37. The van der Waals surface area contributed by atoms with Crippen molar-refractivity contribution in [1.82, 2.24) is 9.97 Å². The first-order chi connectivity index (χ1) is 7.31. The van der Waals surface area contributed by atoms with Crippen LogP contribution in [0.5, 0.6) is 0 Å². The molecule has 2 aromatic rings. The largest absolute Gasteiger partial charge is 0.383 e. The zero-order valence-corrected chi connectivity index (χ0v) is 9.33. The van der Waals surface area contributed by atoms with Gasteiger partial charge in [-0.25, -0.2) is 9.97 Å². The van der Waals surface area contributed by atoms with Crippen molar-refractivity contribution in [2.24, 2.45) is 5.73 Å². The van der Waals surface area contributed by atoms with Crippen molar-refractivity contribution in [2.45, 2.75) is 12.5 Å². The fourth-order valence-corrected chi connectivity index (χ4v) is 2.35. The molecule has 0 aliphatic heterocycles. The number of aromatic nitrogens is 2. The molecule has 2 rings (SSSR count). The SMILES string of the molecule is COCC(N)Cc1ncnc2ccsc12. The molecular weight excluding hydrogens is 210 g/mol. The molecule has 5 heteroatoms. The van der Waals surface area contributed by atoms with E-state index in [2.05, 4.69) is 9.97 Å². The lowest BCUT2D eigenvalue weighted by atomic mass is 10.1. The van der Waals surface area contributed by atoms with Gasteiger partial charge in [-0.15, -0.1) is 11.3 Å². The van der Waals surface area contributed by atoms with Crippen molar-refractivity contribution in [2.75, 3.05) is 13.7 Å². The zero-order chi connectivity index (χ0) is 10.7. The van der Waals surface area contributed by atoms with Crippen LogP contribution in [0, 0.1) is 0 Å². The Kier molecular flexibility index (Phi) is 3.25. The third-order valence-corrected chi connectivity index (χ3v) is 3.11. The van der Waals surface area contributed by atoms with E-state index in [0.29, 0.717) is 6.61 Å². The van der Waals surface area contributed by atoms with Gasteiger partial charge in [-0.1, -0.05) is 0 Å². The third kappa shape index (κ3) is 2.31. The van der Waals surface area contributed by atoms with Gasteiger partial charge in [0.25, 0.3) is 0 Å². The standard InChI is InChI=1S/C10H13N3OS/c1-14-5-7(11)4-9-10-8(2-3-15-10)12-6-13-9/h2-3,6-7H,4-5,11H2,1H3.